The molecule has 0 aliphatic rings. The molecule has 0 heterocycles. The first-order chi connectivity index (χ1) is 42.7. The van der Waals surface area contributed by atoms with Gasteiger partial charge in [-0.05, 0) is 185 Å². The molecular formula is C80H64F8. The van der Waals surface area contributed by atoms with Crippen LogP contribution in [0.15, 0.2) is 267 Å². The predicted molar refractivity (Wildman–Crippen MR) is 346 cm³/mol. The van der Waals surface area contributed by atoms with Crippen molar-refractivity contribution in [2.75, 3.05) is 0 Å². The smallest absolute Gasteiger partial charge is 0.159 e. The molecule has 0 fully saturated rings. The molecule has 0 amide bonds. The fourth-order valence-electron chi connectivity index (χ4n) is 9.85. The van der Waals surface area contributed by atoms with E-state index in [4.69, 9.17) is 0 Å². The Hall–Kier alpha value is -9.92. The molecule has 12 aromatic carbocycles. The first-order valence-corrected chi connectivity index (χ1v) is 29.3. The predicted octanol–water partition coefficient (Wildman–Crippen LogP) is 23.4. The second-order valence-electron chi connectivity index (χ2n) is 21.0. The summed E-state index contributed by atoms with van der Waals surface area (Å²) in [5.41, 5.74) is 20.4. The number of hydrogen-bond donors (Lipinski definition) is 0. The zero-order valence-corrected chi connectivity index (χ0v) is 49.3. The zero-order valence-electron chi connectivity index (χ0n) is 49.3. The van der Waals surface area contributed by atoms with Gasteiger partial charge in [0.15, 0.2) is 46.5 Å². The van der Waals surface area contributed by atoms with Crippen LogP contribution in [0, 0.1) is 46.5 Å². The molecule has 88 heavy (non-hydrogen) atoms. The number of hydrogen-bond acceptors (Lipinski definition) is 0. The van der Waals surface area contributed by atoms with E-state index in [1.165, 1.54) is 46.5 Å². The third-order valence-corrected chi connectivity index (χ3v) is 15.3. The van der Waals surface area contributed by atoms with Crippen molar-refractivity contribution in [3.05, 3.63) is 336 Å². The third-order valence-electron chi connectivity index (χ3n) is 15.3. The Labute approximate surface area is 510 Å². The summed E-state index contributed by atoms with van der Waals surface area (Å²) in [6.45, 7) is 8.52. The van der Waals surface area contributed by atoms with E-state index in [1.54, 1.807) is 24.3 Å². The van der Waals surface area contributed by atoms with E-state index < -0.39 is 46.5 Å². The fraction of sp³-hybridized carbons (Fsp3) is 0.100. The van der Waals surface area contributed by atoms with Crippen LogP contribution in [0.3, 0.4) is 0 Å². The molecule has 0 bridgehead atoms. The highest BCUT2D eigenvalue weighted by Gasteiger charge is 2.10. The van der Waals surface area contributed by atoms with Gasteiger partial charge in [-0.15, -0.1) is 0 Å². The summed E-state index contributed by atoms with van der Waals surface area (Å²) >= 11 is 0. The Morgan fingerprint density at radius 2 is 0.261 bits per heavy atom. The van der Waals surface area contributed by atoms with Gasteiger partial charge in [-0.1, -0.05) is 246 Å². The monoisotopic (exact) mass is 1180 g/mol. The van der Waals surface area contributed by atoms with Crippen LogP contribution >= 0.6 is 0 Å². The first kappa shape index (κ1) is 62.6. The highest BCUT2D eigenvalue weighted by molar-refractivity contribution is 5.74. The Morgan fingerprint density at radius 3 is 0.386 bits per heavy atom. The number of rotatable bonds is 12. The Bertz CT molecular complexity index is 3640. The van der Waals surface area contributed by atoms with Gasteiger partial charge in [0.2, 0.25) is 0 Å². The molecule has 0 radical (unpaired) electrons. The van der Waals surface area contributed by atoms with Gasteiger partial charge in [0.25, 0.3) is 0 Å². The van der Waals surface area contributed by atoms with Crippen LogP contribution in [-0.2, 0) is 25.7 Å². The van der Waals surface area contributed by atoms with Crippen molar-refractivity contribution in [3.8, 4) is 89.0 Å². The molecule has 0 aliphatic carbocycles. The van der Waals surface area contributed by atoms with Crippen molar-refractivity contribution in [3.63, 3.8) is 0 Å². The zero-order chi connectivity index (χ0) is 62.1. The molecule has 440 valence electrons. The van der Waals surface area contributed by atoms with Gasteiger partial charge < -0.3 is 0 Å². The van der Waals surface area contributed by atoms with Crippen molar-refractivity contribution < 1.29 is 35.1 Å². The van der Waals surface area contributed by atoms with E-state index in [-0.39, 0.29) is 0 Å². The van der Waals surface area contributed by atoms with Gasteiger partial charge in [0.05, 0.1) is 0 Å². The summed E-state index contributed by atoms with van der Waals surface area (Å²) in [6.07, 6.45) is 4.09. The largest absolute Gasteiger partial charge is 0.204 e. The van der Waals surface area contributed by atoms with Gasteiger partial charge in [-0.3, -0.25) is 0 Å². The minimum absolute atomic E-state index is 0.673. The molecule has 12 aromatic rings. The molecule has 0 aromatic heterocycles. The lowest BCUT2D eigenvalue weighted by atomic mass is 9.99. The Balaban J connectivity index is 0.000000140. The van der Waals surface area contributed by atoms with Gasteiger partial charge in [-0.25, -0.2) is 35.1 Å². The highest BCUT2D eigenvalue weighted by atomic mass is 19.2. The van der Waals surface area contributed by atoms with Gasteiger partial charge in [0, 0.05) is 0 Å². The van der Waals surface area contributed by atoms with Gasteiger partial charge in [-0.2, -0.15) is 0 Å². The lowest BCUT2D eigenvalue weighted by Gasteiger charge is -2.06. The van der Waals surface area contributed by atoms with Crippen LogP contribution in [0.1, 0.15) is 49.9 Å². The summed E-state index contributed by atoms with van der Waals surface area (Å²) in [5.74, 6) is -6.58. The minimum atomic E-state index is -0.823. The average molecular weight is 1180 g/mol. The van der Waals surface area contributed by atoms with Gasteiger partial charge in [0.1, 0.15) is 0 Å². The standard InChI is InChI=1S/4C20H16F2/c4*1-2-14-3-5-15(6-4-14)16-7-9-17(10-8-16)18-11-12-19(21)20(22)13-18/h4*3-13H,2H2,1H3. The number of halogens is 8. The molecule has 8 heteroatoms. The summed E-state index contributed by atoms with van der Waals surface area (Å²) in [4.78, 5) is 0. The maximum atomic E-state index is 13.3. The summed E-state index contributed by atoms with van der Waals surface area (Å²) in [7, 11) is 0. The van der Waals surface area contributed by atoms with Gasteiger partial charge >= 0.3 is 0 Å². The molecule has 12 rings (SSSR count). The fourth-order valence-corrected chi connectivity index (χ4v) is 9.85. The molecule has 0 nitrogen and oxygen atoms in total. The van der Waals surface area contributed by atoms with Crippen molar-refractivity contribution >= 4 is 0 Å². The summed E-state index contributed by atoms with van der Waals surface area (Å²) < 4.78 is 105. The quantitative estimate of drug-likeness (QED) is 0.107. The Morgan fingerprint density at radius 1 is 0.148 bits per heavy atom. The minimum Gasteiger partial charge on any atom is -0.204 e. The highest BCUT2D eigenvalue weighted by Crippen LogP contribution is 2.31. The summed E-state index contributed by atoms with van der Waals surface area (Å²) in [6, 6.07) is 81.1. The molecular weight excluding hydrogens is 1110 g/mol. The third kappa shape index (κ3) is 16.3. The van der Waals surface area contributed by atoms with Crippen LogP contribution in [0.25, 0.3) is 89.0 Å². The number of benzene rings is 12. The topological polar surface area (TPSA) is 0 Å². The average Bonchev–Trinajstić information content (AvgIpc) is 3.31. The molecule has 0 aliphatic heterocycles. The van der Waals surface area contributed by atoms with Crippen molar-refractivity contribution in [2.45, 2.75) is 53.4 Å². The summed E-state index contributed by atoms with van der Waals surface area (Å²) in [5, 5.41) is 0. The van der Waals surface area contributed by atoms with E-state index in [9.17, 15) is 35.1 Å². The van der Waals surface area contributed by atoms with E-state index in [2.05, 4.69) is 125 Å². The van der Waals surface area contributed by atoms with Crippen molar-refractivity contribution in [1.29, 1.82) is 0 Å². The van der Waals surface area contributed by atoms with Crippen molar-refractivity contribution in [1.82, 2.24) is 0 Å². The lowest BCUT2D eigenvalue weighted by Crippen LogP contribution is -1.86. The van der Waals surface area contributed by atoms with E-state index in [0.717, 1.165) is 117 Å². The van der Waals surface area contributed by atoms with Crippen LogP contribution < -0.4 is 0 Å². The molecule has 0 saturated carbocycles. The molecule has 0 N–H and O–H groups in total. The molecule has 0 spiro atoms. The second-order valence-corrected chi connectivity index (χ2v) is 21.0. The normalized spacial score (nSPS) is 10.7. The first-order valence-electron chi connectivity index (χ1n) is 29.3. The molecule has 0 unspecified atom stereocenters. The van der Waals surface area contributed by atoms with Crippen LogP contribution in [-0.4, -0.2) is 0 Å². The van der Waals surface area contributed by atoms with Crippen LogP contribution in [0.5, 0.6) is 0 Å². The molecule has 0 saturated heterocycles. The Kier molecular flexibility index (Phi) is 21.3. The van der Waals surface area contributed by atoms with Crippen LogP contribution in [0.2, 0.25) is 0 Å². The SMILES string of the molecule is CCc1ccc(-c2ccc(-c3ccc(F)c(F)c3)cc2)cc1.CCc1ccc(-c2ccc(-c3ccc(F)c(F)c3)cc2)cc1.CCc1ccc(-c2ccc(-c3ccc(F)c(F)c3)cc2)cc1.CCc1ccc(-c2ccc(-c3ccc(F)c(F)c3)cc2)cc1. The number of aryl methyl sites for hydroxylation is 4. The maximum Gasteiger partial charge on any atom is 0.159 e. The molecule has 0 atom stereocenters. The lowest BCUT2D eigenvalue weighted by molar-refractivity contribution is 0.509. The van der Waals surface area contributed by atoms with Crippen LogP contribution in [0.4, 0.5) is 35.1 Å². The van der Waals surface area contributed by atoms with E-state index in [1.807, 2.05) is 97.1 Å². The maximum absolute atomic E-state index is 13.3. The van der Waals surface area contributed by atoms with Crippen molar-refractivity contribution in [2.24, 2.45) is 0 Å². The van der Waals surface area contributed by atoms with E-state index >= 15 is 0 Å². The second kappa shape index (κ2) is 29.9. The van der Waals surface area contributed by atoms with E-state index in [0.29, 0.717) is 22.3 Å².